The van der Waals surface area contributed by atoms with Crippen molar-refractivity contribution in [1.82, 2.24) is 0 Å². The molecule has 102 valence electrons. The van der Waals surface area contributed by atoms with Gasteiger partial charge in [0.1, 0.15) is 0 Å². The van der Waals surface area contributed by atoms with Crippen LogP contribution < -0.4 is 5.32 Å². The molecule has 0 bridgehead atoms. The zero-order valence-electron chi connectivity index (χ0n) is 10.9. The van der Waals surface area contributed by atoms with Gasteiger partial charge in [0.2, 0.25) is 5.91 Å². The first-order valence-electron chi connectivity index (χ1n) is 6.06. The van der Waals surface area contributed by atoms with Crippen LogP contribution in [0.1, 0.15) is 11.1 Å². The van der Waals surface area contributed by atoms with E-state index >= 15 is 0 Å². The van der Waals surface area contributed by atoms with Crippen molar-refractivity contribution in [1.29, 1.82) is 0 Å². The molecule has 2 nitrogen and oxygen atoms in total. The SMILES string of the molecule is Cc1cccc(NC(=O)C=Cc2c(Cl)cccc2Cl)c1. The Bertz CT molecular complexity index is 645. The molecule has 0 fully saturated rings. The molecular formula is C16H13Cl2NO. The molecule has 0 heterocycles. The molecule has 0 radical (unpaired) electrons. The van der Waals surface area contributed by atoms with Gasteiger partial charge in [0.05, 0.1) is 0 Å². The minimum atomic E-state index is -0.230. The molecule has 0 atom stereocenters. The van der Waals surface area contributed by atoms with Gasteiger partial charge in [-0.2, -0.15) is 0 Å². The molecule has 4 heteroatoms. The van der Waals surface area contributed by atoms with Crippen molar-refractivity contribution in [3.05, 3.63) is 69.7 Å². The number of hydrogen-bond acceptors (Lipinski definition) is 1. The van der Waals surface area contributed by atoms with Gasteiger partial charge in [0.25, 0.3) is 0 Å². The van der Waals surface area contributed by atoms with Gasteiger partial charge in [-0.1, -0.05) is 41.4 Å². The van der Waals surface area contributed by atoms with E-state index in [1.807, 2.05) is 31.2 Å². The molecule has 20 heavy (non-hydrogen) atoms. The maximum atomic E-state index is 11.8. The average Bonchev–Trinajstić information content (AvgIpc) is 2.38. The fraction of sp³-hybridized carbons (Fsp3) is 0.0625. The second-order valence-electron chi connectivity index (χ2n) is 4.33. The molecule has 0 aliphatic carbocycles. The fourth-order valence-electron chi connectivity index (χ4n) is 1.74. The Hall–Kier alpha value is -1.77. The lowest BCUT2D eigenvalue weighted by Crippen LogP contribution is -2.07. The van der Waals surface area contributed by atoms with E-state index in [2.05, 4.69) is 5.32 Å². The highest BCUT2D eigenvalue weighted by molar-refractivity contribution is 6.37. The molecule has 2 aromatic rings. The summed E-state index contributed by atoms with van der Waals surface area (Å²) in [7, 11) is 0. The molecule has 2 aromatic carbocycles. The lowest BCUT2D eigenvalue weighted by molar-refractivity contribution is -0.111. The Kier molecular flexibility index (Phi) is 4.83. The molecule has 0 saturated heterocycles. The predicted octanol–water partition coefficient (Wildman–Crippen LogP) is 4.95. The Labute approximate surface area is 128 Å². The molecule has 0 aromatic heterocycles. The number of halogens is 2. The summed E-state index contributed by atoms with van der Waals surface area (Å²) >= 11 is 12.1. The number of carbonyl (C=O) groups excluding carboxylic acids is 1. The Morgan fingerprint density at radius 2 is 1.75 bits per heavy atom. The molecule has 0 spiro atoms. The lowest BCUT2D eigenvalue weighted by Gasteiger charge is -2.03. The van der Waals surface area contributed by atoms with Gasteiger partial charge >= 0.3 is 0 Å². The quantitative estimate of drug-likeness (QED) is 0.798. The van der Waals surface area contributed by atoms with Crippen LogP contribution in [0.3, 0.4) is 0 Å². The second kappa shape index (κ2) is 6.60. The van der Waals surface area contributed by atoms with E-state index in [4.69, 9.17) is 23.2 Å². The molecule has 0 aliphatic heterocycles. The fourth-order valence-corrected chi connectivity index (χ4v) is 2.26. The van der Waals surface area contributed by atoms with Crippen LogP contribution >= 0.6 is 23.2 Å². The highest BCUT2D eigenvalue weighted by Gasteiger charge is 2.03. The van der Waals surface area contributed by atoms with Gasteiger partial charge in [-0.15, -0.1) is 0 Å². The normalized spacial score (nSPS) is 10.8. The number of aryl methyl sites for hydroxylation is 1. The van der Waals surface area contributed by atoms with Crippen LogP contribution in [0.5, 0.6) is 0 Å². The van der Waals surface area contributed by atoms with E-state index in [1.54, 1.807) is 24.3 Å². The van der Waals surface area contributed by atoms with Crippen molar-refractivity contribution in [3.63, 3.8) is 0 Å². The molecule has 1 N–H and O–H groups in total. The Balaban J connectivity index is 2.10. The van der Waals surface area contributed by atoms with Crippen LogP contribution in [0.15, 0.2) is 48.5 Å². The van der Waals surface area contributed by atoms with E-state index in [0.29, 0.717) is 15.6 Å². The van der Waals surface area contributed by atoms with Gasteiger partial charge < -0.3 is 5.32 Å². The number of amides is 1. The van der Waals surface area contributed by atoms with E-state index in [0.717, 1.165) is 11.3 Å². The minimum Gasteiger partial charge on any atom is -0.323 e. The van der Waals surface area contributed by atoms with Crippen molar-refractivity contribution in [2.24, 2.45) is 0 Å². The van der Waals surface area contributed by atoms with Crippen molar-refractivity contribution in [3.8, 4) is 0 Å². The van der Waals surface area contributed by atoms with Crippen LogP contribution in [0.4, 0.5) is 5.69 Å². The first-order chi connectivity index (χ1) is 9.56. The molecule has 0 unspecified atom stereocenters. The third-order valence-electron chi connectivity index (χ3n) is 2.69. The first kappa shape index (κ1) is 14.6. The maximum Gasteiger partial charge on any atom is 0.248 e. The summed E-state index contributed by atoms with van der Waals surface area (Å²) in [6, 6.07) is 12.8. The largest absolute Gasteiger partial charge is 0.323 e. The number of rotatable bonds is 3. The maximum absolute atomic E-state index is 11.8. The van der Waals surface area contributed by atoms with Crippen LogP contribution in [0, 0.1) is 6.92 Å². The van der Waals surface area contributed by atoms with Crippen LogP contribution in [0.2, 0.25) is 10.0 Å². The standard InChI is InChI=1S/C16H13Cl2NO/c1-11-4-2-5-12(10-11)19-16(20)9-8-13-14(17)6-3-7-15(13)18/h2-10H,1H3,(H,19,20). The Morgan fingerprint density at radius 3 is 2.40 bits per heavy atom. The zero-order valence-corrected chi connectivity index (χ0v) is 12.4. The van der Waals surface area contributed by atoms with Gasteiger partial charge in [-0.05, 0) is 42.8 Å². The summed E-state index contributed by atoms with van der Waals surface area (Å²) in [4.78, 5) is 11.8. The average molecular weight is 306 g/mol. The minimum absolute atomic E-state index is 0.230. The molecule has 0 saturated carbocycles. The summed E-state index contributed by atoms with van der Waals surface area (Å²) in [6.07, 6.45) is 3.02. The summed E-state index contributed by atoms with van der Waals surface area (Å²) in [5.74, 6) is -0.230. The lowest BCUT2D eigenvalue weighted by atomic mass is 10.2. The van der Waals surface area contributed by atoms with E-state index in [-0.39, 0.29) is 5.91 Å². The summed E-state index contributed by atoms with van der Waals surface area (Å²) in [6.45, 7) is 1.97. The van der Waals surface area contributed by atoms with E-state index in [1.165, 1.54) is 6.08 Å². The third kappa shape index (κ3) is 3.86. The molecular weight excluding hydrogens is 293 g/mol. The molecule has 2 rings (SSSR count). The van der Waals surface area contributed by atoms with E-state index in [9.17, 15) is 4.79 Å². The summed E-state index contributed by atoms with van der Waals surface area (Å²) in [5, 5.41) is 3.80. The summed E-state index contributed by atoms with van der Waals surface area (Å²) < 4.78 is 0. The Morgan fingerprint density at radius 1 is 1.10 bits per heavy atom. The number of anilines is 1. The number of carbonyl (C=O) groups is 1. The van der Waals surface area contributed by atoms with Crippen molar-refractivity contribution in [2.45, 2.75) is 6.92 Å². The van der Waals surface area contributed by atoms with Crippen molar-refractivity contribution < 1.29 is 4.79 Å². The van der Waals surface area contributed by atoms with Crippen LogP contribution in [-0.2, 0) is 4.79 Å². The summed E-state index contributed by atoms with van der Waals surface area (Å²) in [5.41, 5.74) is 2.47. The van der Waals surface area contributed by atoms with Gasteiger partial charge in [-0.25, -0.2) is 0 Å². The number of hydrogen-bond donors (Lipinski definition) is 1. The van der Waals surface area contributed by atoms with Gasteiger partial charge in [0.15, 0.2) is 0 Å². The monoisotopic (exact) mass is 305 g/mol. The van der Waals surface area contributed by atoms with Crippen LogP contribution in [-0.4, -0.2) is 5.91 Å². The highest BCUT2D eigenvalue weighted by atomic mass is 35.5. The third-order valence-corrected chi connectivity index (χ3v) is 3.35. The van der Waals surface area contributed by atoms with Crippen molar-refractivity contribution >= 4 is 40.9 Å². The number of nitrogens with one attached hydrogen (secondary N) is 1. The predicted molar refractivity (Wildman–Crippen MR) is 85.3 cm³/mol. The van der Waals surface area contributed by atoms with Crippen molar-refractivity contribution in [2.75, 3.05) is 5.32 Å². The zero-order chi connectivity index (χ0) is 14.5. The van der Waals surface area contributed by atoms with Crippen LogP contribution in [0.25, 0.3) is 6.08 Å². The molecule has 0 aliphatic rings. The second-order valence-corrected chi connectivity index (χ2v) is 5.14. The first-order valence-corrected chi connectivity index (χ1v) is 6.81. The topological polar surface area (TPSA) is 29.1 Å². The van der Waals surface area contributed by atoms with E-state index < -0.39 is 0 Å². The number of benzene rings is 2. The smallest absolute Gasteiger partial charge is 0.248 e. The van der Waals surface area contributed by atoms with Gasteiger partial charge in [0, 0.05) is 27.4 Å². The van der Waals surface area contributed by atoms with Gasteiger partial charge in [-0.3, -0.25) is 4.79 Å². The molecule has 1 amide bonds. The highest BCUT2D eigenvalue weighted by Crippen LogP contribution is 2.25.